The van der Waals surface area contributed by atoms with Gasteiger partial charge in [0.15, 0.2) is 11.0 Å². The molecule has 6 nitrogen and oxygen atoms in total. The molecule has 2 heterocycles. The van der Waals surface area contributed by atoms with Crippen LogP contribution in [0.2, 0.25) is 10.2 Å². The standard InChI is InChI=1S/C9H4Cl2N4O2S2/c10-7-8(11)13-4-14-9(7)15-19(16,17)6-2-1-5(3-12)18-6/h1-2,4H,(H,13,14,15). The van der Waals surface area contributed by atoms with E-state index in [1.807, 2.05) is 6.07 Å². The van der Waals surface area contributed by atoms with Gasteiger partial charge in [-0.3, -0.25) is 4.72 Å². The Morgan fingerprint density at radius 2 is 2.05 bits per heavy atom. The summed E-state index contributed by atoms with van der Waals surface area (Å²) < 4.78 is 26.2. The Bertz CT molecular complexity index is 767. The van der Waals surface area contributed by atoms with Crippen LogP contribution < -0.4 is 4.72 Å². The van der Waals surface area contributed by atoms with Crippen LogP contribution in [-0.2, 0) is 10.0 Å². The first-order valence-electron chi connectivity index (χ1n) is 4.63. The molecule has 0 atom stereocenters. The van der Waals surface area contributed by atoms with E-state index >= 15 is 0 Å². The Kier molecular flexibility index (Phi) is 3.91. The smallest absolute Gasteiger partial charge is 0.261 e. The topological polar surface area (TPSA) is 95.7 Å². The molecule has 0 amide bonds. The van der Waals surface area contributed by atoms with Crippen molar-refractivity contribution in [3.8, 4) is 6.07 Å². The van der Waals surface area contributed by atoms with Crippen LogP contribution in [0.25, 0.3) is 0 Å². The number of anilines is 1. The fraction of sp³-hybridized carbons (Fsp3) is 0. The Morgan fingerprint density at radius 3 is 2.68 bits per heavy atom. The van der Waals surface area contributed by atoms with Crippen molar-refractivity contribution in [2.45, 2.75) is 4.21 Å². The zero-order valence-corrected chi connectivity index (χ0v) is 12.1. The molecule has 0 radical (unpaired) electrons. The van der Waals surface area contributed by atoms with Gasteiger partial charge in [-0.1, -0.05) is 23.2 Å². The summed E-state index contributed by atoms with van der Waals surface area (Å²) in [5, 5.41) is 8.52. The van der Waals surface area contributed by atoms with Gasteiger partial charge in [-0.2, -0.15) is 5.26 Å². The summed E-state index contributed by atoms with van der Waals surface area (Å²) in [5.74, 6) is -0.117. The first-order valence-corrected chi connectivity index (χ1v) is 7.68. The Labute approximate surface area is 122 Å². The number of halogens is 2. The van der Waals surface area contributed by atoms with E-state index in [9.17, 15) is 8.42 Å². The number of nitrogens with zero attached hydrogens (tertiary/aromatic N) is 3. The number of aromatic nitrogens is 2. The minimum atomic E-state index is -3.86. The molecule has 0 fully saturated rings. The van der Waals surface area contributed by atoms with Crippen molar-refractivity contribution in [1.82, 2.24) is 9.97 Å². The summed E-state index contributed by atoms with van der Waals surface area (Å²) >= 11 is 12.3. The first-order chi connectivity index (χ1) is 8.94. The van der Waals surface area contributed by atoms with Crippen LogP contribution >= 0.6 is 34.5 Å². The van der Waals surface area contributed by atoms with Crippen molar-refractivity contribution in [2.24, 2.45) is 0 Å². The first kappa shape index (κ1) is 14.0. The number of thiophene rings is 1. The normalized spacial score (nSPS) is 11.0. The molecule has 10 heteroatoms. The molecular weight excluding hydrogens is 331 g/mol. The number of nitrogens with one attached hydrogen (secondary N) is 1. The summed E-state index contributed by atoms with van der Waals surface area (Å²) in [6, 6.07) is 4.59. The Balaban J connectivity index is 2.37. The van der Waals surface area contributed by atoms with Gasteiger partial charge < -0.3 is 0 Å². The summed E-state index contributed by atoms with van der Waals surface area (Å²) in [7, 11) is -3.86. The van der Waals surface area contributed by atoms with Gasteiger partial charge in [0.1, 0.15) is 26.5 Å². The quantitative estimate of drug-likeness (QED) is 0.870. The van der Waals surface area contributed by atoms with Gasteiger partial charge >= 0.3 is 0 Å². The van der Waals surface area contributed by atoms with Crippen molar-refractivity contribution in [3.63, 3.8) is 0 Å². The molecule has 2 aromatic rings. The molecule has 0 aliphatic heterocycles. The average molecular weight is 335 g/mol. The lowest BCUT2D eigenvalue weighted by Crippen LogP contribution is -2.13. The fourth-order valence-corrected chi connectivity index (χ4v) is 3.58. The molecule has 98 valence electrons. The van der Waals surface area contributed by atoms with Crippen LogP contribution in [0.5, 0.6) is 0 Å². The van der Waals surface area contributed by atoms with E-state index in [4.69, 9.17) is 28.5 Å². The van der Waals surface area contributed by atoms with Gasteiger partial charge in [-0.15, -0.1) is 11.3 Å². The number of hydrogen-bond acceptors (Lipinski definition) is 6. The maximum absolute atomic E-state index is 12.0. The van der Waals surface area contributed by atoms with Crippen molar-refractivity contribution in [1.29, 1.82) is 5.26 Å². The molecule has 2 rings (SSSR count). The maximum Gasteiger partial charge on any atom is 0.272 e. The number of nitriles is 1. The van der Waals surface area contributed by atoms with Crippen LogP contribution in [0.1, 0.15) is 4.88 Å². The number of sulfonamides is 1. The molecule has 0 saturated heterocycles. The zero-order chi connectivity index (χ0) is 14.0. The molecule has 2 aromatic heterocycles. The SMILES string of the molecule is N#Cc1ccc(S(=O)(=O)Nc2ncnc(Cl)c2Cl)s1. The van der Waals surface area contributed by atoms with Crippen LogP contribution in [0.3, 0.4) is 0 Å². The predicted octanol–water partition coefficient (Wildman–Crippen LogP) is 2.52. The highest BCUT2D eigenvalue weighted by Gasteiger charge is 2.20. The lowest BCUT2D eigenvalue weighted by atomic mass is 10.5. The molecule has 0 aromatic carbocycles. The summed E-state index contributed by atoms with van der Waals surface area (Å²) in [4.78, 5) is 7.59. The highest BCUT2D eigenvalue weighted by atomic mass is 35.5. The average Bonchev–Trinajstić information content (AvgIpc) is 2.84. The minimum absolute atomic E-state index is 0.0187. The second-order valence-electron chi connectivity index (χ2n) is 3.16. The molecule has 0 spiro atoms. The fourth-order valence-electron chi connectivity index (χ4n) is 1.12. The molecule has 0 unspecified atom stereocenters. The second-order valence-corrected chi connectivity index (χ2v) is 6.89. The van der Waals surface area contributed by atoms with E-state index in [0.29, 0.717) is 0 Å². The second kappa shape index (κ2) is 5.30. The Morgan fingerprint density at radius 1 is 1.32 bits per heavy atom. The van der Waals surface area contributed by atoms with Crippen molar-refractivity contribution in [2.75, 3.05) is 4.72 Å². The molecule has 1 N–H and O–H groups in total. The van der Waals surface area contributed by atoms with E-state index in [0.717, 1.165) is 17.7 Å². The highest BCUT2D eigenvalue weighted by molar-refractivity contribution is 7.94. The third kappa shape index (κ3) is 2.96. The van der Waals surface area contributed by atoms with Gasteiger partial charge in [0.05, 0.1) is 0 Å². The van der Waals surface area contributed by atoms with Crippen LogP contribution in [0.15, 0.2) is 22.7 Å². The van der Waals surface area contributed by atoms with Crippen LogP contribution in [0.4, 0.5) is 5.82 Å². The van der Waals surface area contributed by atoms with Gasteiger partial charge in [0.2, 0.25) is 0 Å². The number of rotatable bonds is 3. The largest absolute Gasteiger partial charge is 0.272 e. The van der Waals surface area contributed by atoms with Gasteiger partial charge in [0, 0.05) is 0 Å². The van der Waals surface area contributed by atoms with E-state index in [-0.39, 0.29) is 25.1 Å². The minimum Gasteiger partial charge on any atom is -0.261 e. The number of hydrogen-bond donors (Lipinski definition) is 1. The van der Waals surface area contributed by atoms with Gasteiger partial charge in [0.25, 0.3) is 10.0 Å². The lowest BCUT2D eigenvalue weighted by molar-refractivity contribution is 0.603. The van der Waals surface area contributed by atoms with Gasteiger partial charge in [-0.25, -0.2) is 18.4 Å². The Hall–Kier alpha value is -1.40. The predicted molar refractivity (Wildman–Crippen MR) is 71.9 cm³/mol. The zero-order valence-electron chi connectivity index (χ0n) is 8.96. The molecule has 0 saturated carbocycles. The van der Waals surface area contributed by atoms with Gasteiger partial charge in [-0.05, 0) is 12.1 Å². The van der Waals surface area contributed by atoms with Crippen molar-refractivity contribution >= 4 is 50.4 Å². The third-order valence-electron chi connectivity index (χ3n) is 1.93. The van der Waals surface area contributed by atoms with Crippen LogP contribution in [-0.4, -0.2) is 18.4 Å². The van der Waals surface area contributed by atoms with Crippen molar-refractivity contribution in [3.05, 3.63) is 33.5 Å². The highest BCUT2D eigenvalue weighted by Crippen LogP contribution is 2.29. The van der Waals surface area contributed by atoms with E-state index in [2.05, 4.69) is 14.7 Å². The summed E-state index contributed by atoms with van der Waals surface area (Å²) in [6.45, 7) is 0. The summed E-state index contributed by atoms with van der Waals surface area (Å²) in [6.07, 6.45) is 1.08. The lowest BCUT2D eigenvalue weighted by Gasteiger charge is -2.06. The monoisotopic (exact) mass is 334 g/mol. The van der Waals surface area contributed by atoms with E-state index in [1.165, 1.54) is 12.1 Å². The maximum atomic E-state index is 12.0. The van der Waals surface area contributed by atoms with E-state index < -0.39 is 10.0 Å². The van der Waals surface area contributed by atoms with Crippen molar-refractivity contribution < 1.29 is 8.42 Å². The summed E-state index contributed by atoms with van der Waals surface area (Å²) in [5.41, 5.74) is 0. The van der Waals surface area contributed by atoms with E-state index in [1.54, 1.807) is 0 Å². The van der Waals surface area contributed by atoms with Crippen LogP contribution in [0, 0.1) is 11.3 Å². The third-order valence-corrected chi connectivity index (χ3v) is 5.50. The molecule has 0 aliphatic rings. The molecular formula is C9H4Cl2N4O2S2. The molecule has 0 bridgehead atoms. The molecule has 19 heavy (non-hydrogen) atoms. The molecule has 0 aliphatic carbocycles.